The molecular formula is C13H22O3. The summed E-state index contributed by atoms with van der Waals surface area (Å²) in [6.07, 6.45) is 3.28. The summed E-state index contributed by atoms with van der Waals surface area (Å²) in [5.41, 5.74) is -0.723. The standard InChI is InChI=1S/C13H22O3/c1-9-6-7-11(2,3)8-13(9)12(4,16-13)10(14)15-5/h9H,6-8H2,1-5H3. The van der Waals surface area contributed by atoms with Crippen molar-refractivity contribution in [1.82, 2.24) is 0 Å². The van der Waals surface area contributed by atoms with Gasteiger partial charge in [-0.1, -0.05) is 20.8 Å². The number of hydrogen-bond acceptors (Lipinski definition) is 3. The predicted molar refractivity (Wildman–Crippen MR) is 61.0 cm³/mol. The van der Waals surface area contributed by atoms with E-state index in [1.165, 1.54) is 13.5 Å². The first-order chi connectivity index (χ1) is 7.27. The fourth-order valence-corrected chi connectivity index (χ4v) is 3.34. The lowest BCUT2D eigenvalue weighted by Gasteiger charge is -2.39. The van der Waals surface area contributed by atoms with Crippen molar-refractivity contribution in [3.05, 3.63) is 0 Å². The highest BCUT2D eigenvalue weighted by Crippen LogP contribution is 2.63. The summed E-state index contributed by atoms with van der Waals surface area (Å²) >= 11 is 0. The normalized spacial score (nSPS) is 45.4. The minimum atomic E-state index is -0.709. The first-order valence-electron chi connectivity index (χ1n) is 6.06. The molecule has 1 heterocycles. The van der Waals surface area contributed by atoms with Gasteiger partial charge in [0.2, 0.25) is 0 Å². The first-order valence-corrected chi connectivity index (χ1v) is 6.06. The van der Waals surface area contributed by atoms with Gasteiger partial charge in [0.1, 0.15) is 5.60 Å². The Hall–Kier alpha value is -0.570. The highest BCUT2D eigenvalue weighted by molar-refractivity contribution is 5.84. The van der Waals surface area contributed by atoms with Gasteiger partial charge >= 0.3 is 5.97 Å². The summed E-state index contributed by atoms with van der Waals surface area (Å²) in [5, 5.41) is 0. The van der Waals surface area contributed by atoms with E-state index in [1.54, 1.807) is 0 Å². The zero-order valence-electron chi connectivity index (χ0n) is 10.9. The van der Waals surface area contributed by atoms with Crippen LogP contribution in [-0.4, -0.2) is 24.3 Å². The third-order valence-electron chi connectivity index (χ3n) is 4.52. The second-order valence-electron chi connectivity index (χ2n) is 6.30. The Morgan fingerprint density at radius 2 is 2.00 bits per heavy atom. The molecule has 0 radical (unpaired) electrons. The van der Waals surface area contributed by atoms with Crippen molar-refractivity contribution in [2.24, 2.45) is 11.3 Å². The van der Waals surface area contributed by atoms with Gasteiger partial charge in [0.15, 0.2) is 5.60 Å². The van der Waals surface area contributed by atoms with Crippen molar-refractivity contribution >= 4 is 5.97 Å². The number of carbonyl (C=O) groups is 1. The van der Waals surface area contributed by atoms with Crippen LogP contribution in [0.15, 0.2) is 0 Å². The smallest absolute Gasteiger partial charge is 0.340 e. The molecule has 1 saturated heterocycles. The van der Waals surface area contributed by atoms with Crippen molar-refractivity contribution in [2.45, 2.75) is 58.2 Å². The van der Waals surface area contributed by atoms with Gasteiger partial charge in [-0.15, -0.1) is 0 Å². The Kier molecular flexibility index (Phi) is 2.40. The molecule has 3 atom stereocenters. The van der Waals surface area contributed by atoms with Gasteiger partial charge < -0.3 is 9.47 Å². The molecule has 0 bridgehead atoms. The maximum absolute atomic E-state index is 11.8. The van der Waals surface area contributed by atoms with Crippen LogP contribution in [0.4, 0.5) is 0 Å². The van der Waals surface area contributed by atoms with Crippen LogP contribution >= 0.6 is 0 Å². The quantitative estimate of drug-likeness (QED) is 0.509. The van der Waals surface area contributed by atoms with Crippen LogP contribution < -0.4 is 0 Å². The molecule has 0 aromatic carbocycles. The molecule has 0 amide bonds. The van der Waals surface area contributed by atoms with Gasteiger partial charge in [-0.05, 0) is 37.5 Å². The van der Waals surface area contributed by atoms with Crippen LogP contribution in [0.5, 0.6) is 0 Å². The minimum absolute atomic E-state index is 0.225. The Morgan fingerprint density at radius 1 is 1.38 bits per heavy atom. The van der Waals surface area contributed by atoms with Gasteiger partial charge in [0.25, 0.3) is 0 Å². The minimum Gasteiger partial charge on any atom is -0.467 e. The molecule has 1 saturated carbocycles. The van der Waals surface area contributed by atoms with E-state index in [4.69, 9.17) is 9.47 Å². The van der Waals surface area contributed by atoms with E-state index in [2.05, 4.69) is 20.8 Å². The van der Waals surface area contributed by atoms with E-state index in [-0.39, 0.29) is 17.0 Å². The van der Waals surface area contributed by atoms with E-state index in [0.717, 1.165) is 12.8 Å². The van der Waals surface area contributed by atoms with Crippen molar-refractivity contribution in [3.63, 3.8) is 0 Å². The highest BCUT2D eigenvalue weighted by Gasteiger charge is 2.76. The second-order valence-corrected chi connectivity index (χ2v) is 6.30. The molecule has 2 fully saturated rings. The number of ether oxygens (including phenoxy) is 2. The molecule has 92 valence electrons. The molecule has 3 nitrogen and oxygen atoms in total. The topological polar surface area (TPSA) is 38.8 Å². The first kappa shape index (κ1) is 11.9. The summed E-state index contributed by atoms with van der Waals surface area (Å²) in [6.45, 7) is 8.56. The lowest BCUT2D eigenvalue weighted by Crippen LogP contribution is -2.43. The van der Waals surface area contributed by atoms with Gasteiger partial charge in [-0.3, -0.25) is 0 Å². The maximum Gasteiger partial charge on any atom is 0.340 e. The average molecular weight is 226 g/mol. The van der Waals surface area contributed by atoms with Crippen LogP contribution in [0, 0.1) is 11.3 Å². The number of methoxy groups -OCH3 is 1. The summed E-state index contributed by atoms with van der Waals surface area (Å²) in [7, 11) is 1.43. The van der Waals surface area contributed by atoms with E-state index in [9.17, 15) is 4.79 Å². The predicted octanol–water partition coefficient (Wildman–Crippen LogP) is 2.53. The summed E-state index contributed by atoms with van der Waals surface area (Å²) in [4.78, 5) is 11.8. The van der Waals surface area contributed by atoms with E-state index in [1.807, 2.05) is 6.92 Å². The number of epoxide rings is 1. The average Bonchev–Trinajstić information content (AvgIpc) is 2.79. The number of carbonyl (C=O) groups excluding carboxylic acids is 1. The lowest BCUT2D eigenvalue weighted by atomic mass is 9.64. The molecule has 1 aliphatic carbocycles. The Bertz CT molecular complexity index is 323. The summed E-state index contributed by atoms with van der Waals surface area (Å²) in [5.74, 6) is 0.210. The molecule has 1 aliphatic heterocycles. The Balaban J connectivity index is 2.24. The van der Waals surface area contributed by atoms with E-state index < -0.39 is 5.60 Å². The third kappa shape index (κ3) is 1.41. The Morgan fingerprint density at radius 3 is 2.56 bits per heavy atom. The maximum atomic E-state index is 11.8. The SMILES string of the molecule is COC(=O)C1(C)OC12CC(C)(C)CCC2C. The van der Waals surface area contributed by atoms with Gasteiger partial charge in [-0.2, -0.15) is 0 Å². The number of hydrogen-bond donors (Lipinski definition) is 0. The number of esters is 1. The van der Waals surface area contributed by atoms with Gasteiger partial charge in [0.05, 0.1) is 7.11 Å². The lowest BCUT2D eigenvalue weighted by molar-refractivity contribution is -0.146. The number of rotatable bonds is 1. The fourth-order valence-electron chi connectivity index (χ4n) is 3.34. The highest BCUT2D eigenvalue weighted by atomic mass is 16.7. The monoisotopic (exact) mass is 226 g/mol. The van der Waals surface area contributed by atoms with Gasteiger partial charge in [0, 0.05) is 0 Å². The Labute approximate surface area is 97.5 Å². The van der Waals surface area contributed by atoms with E-state index in [0.29, 0.717) is 5.92 Å². The molecule has 3 unspecified atom stereocenters. The molecule has 2 aliphatic rings. The summed E-state index contributed by atoms with van der Waals surface area (Å²) < 4.78 is 10.7. The molecule has 16 heavy (non-hydrogen) atoms. The molecule has 1 spiro atoms. The zero-order valence-corrected chi connectivity index (χ0v) is 10.9. The zero-order chi connectivity index (χ0) is 12.2. The molecule has 2 rings (SSSR count). The van der Waals surface area contributed by atoms with Gasteiger partial charge in [-0.25, -0.2) is 4.79 Å². The van der Waals surface area contributed by atoms with E-state index >= 15 is 0 Å². The third-order valence-corrected chi connectivity index (χ3v) is 4.52. The van der Waals surface area contributed by atoms with Crippen LogP contribution in [0.3, 0.4) is 0 Å². The molecule has 3 heteroatoms. The van der Waals surface area contributed by atoms with Crippen molar-refractivity contribution in [2.75, 3.05) is 7.11 Å². The molecule has 0 aromatic heterocycles. The van der Waals surface area contributed by atoms with Crippen LogP contribution in [0.2, 0.25) is 0 Å². The van der Waals surface area contributed by atoms with Crippen molar-refractivity contribution < 1.29 is 14.3 Å². The summed E-state index contributed by atoms with van der Waals surface area (Å²) in [6, 6.07) is 0. The largest absolute Gasteiger partial charge is 0.467 e. The van der Waals surface area contributed by atoms with Crippen LogP contribution in [0.25, 0.3) is 0 Å². The van der Waals surface area contributed by atoms with Crippen molar-refractivity contribution in [3.8, 4) is 0 Å². The van der Waals surface area contributed by atoms with Crippen LogP contribution in [0.1, 0.15) is 47.0 Å². The molecular weight excluding hydrogens is 204 g/mol. The molecule has 0 aromatic rings. The second kappa shape index (κ2) is 3.22. The fraction of sp³-hybridized carbons (Fsp3) is 0.923. The van der Waals surface area contributed by atoms with Crippen LogP contribution in [-0.2, 0) is 14.3 Å². The van der Waals surface area contributed by atoms with Crippen molar-refractivity contribution in [1.29, 1.82) is 0 Å². The molecule has 0 N–H and O–H groups in total.